The Balaban J connectivity index is 2.10. The van der Waals surface area contributed by atoms with Crippen molar-refractivity contribution in [2.75, 3.05) is 19.7 Å². The molecule has 1 amide bonds. The van der Waals surface area contributed by atoms with Gasteiger partial charge in [0.05, 0.1) is 28.8 Å². The highest BCUT2D eigenvalue weighted by Crippen LogP contribution is 2.29. The van der Waals surface area contributed by atoms with E-state index in [1.165, 1.54) is 0 Å². The molecule has 0 aromatic heterocycles. The molecule has 1 aromatic rings. The molecule has 7 heteroatoms. The summed E-state index contributed by atoms with van der Waals surface area (Å²) in [5, 5.41) is 0.932. The van der Waals surface area contributed by atoms with Crippen molar-refractivity contribution in [3.05, 3.63) is 33.8 Å². The second-order valence-corrected chi connectivity index (χ2v) is 7.37. The van der Waals surface area contributed by atoms with Gasteiger partial charge in [0.1, 0.15) is 5.60 Å². The van der Waals surface area contributed by atoms with Crippen molar-refractivity contribution < 1.29 is 14.3 Å². The second kappa shape index (κ2) is 7.26. The molecular weight excluding hydrogens is 339 g/mol. The predicted octanol–water partition coefficient (Wildman–Crippen LogP) is 3.63. The number of ether oxygens (including phenoxy) is 2. The van der Waals surface area contributed by atoms with Crippen LogP contribution in [0.1, 0.15) is 32.4 Å². The zero-order valence-corrected chi connectivity index (χ0v) is 15.0. The number of nitrogens with two attached hydrogens (primary N) is 1. The average molecular weight is 361 g/mol. The molecule has 0 aliphatic carbocycles. The zero-order chi connectivity index (χ0) is 17.2. The molecule has 2 rings (SSSR count). The van der Waals surface area contributed by atoms with Gasteiger partial charge in [-0.1, -0.05) is 29.3 Å². The Morgan fingerprint density at radius 2 is 2.04 bits per heavy atom. The van der Waals surface area contributed by atoms with Gasteiger partial charge in [-0.05, 0) is 38.5 Å². The SMILES string of the molecule is CC(C)(C)OC(=O)N1CCO[C@@H](c2ccc(Cl)c(Cl)c2)[C@H](N)C1. The Morgan fingerprint density at radius 3 is 2.65 bits per heavy atom. The Hall–Kier alpha value is -1.01. The van der Waals surface area contributed by atoms with Crippen LogP contribution in [0.4, 0.5) is 4.79 Å². The molecular formula is C16H22Cl2N2O3. The molecule has 1 saturated heterocycles. The minimum atomic E-state index is -0.544. The summed E-state index contributed by atoms with van der Waals surface area (Å²) in [6, 6.07) is 4.91. The van der Waals surface area contributed by atoms with Crippen molar-refractivity contribution in [2.45, 2.75) is 38.5 Å². The Morgan fingerprint density at radius 1 is 1.35 bits per heavy atom. The van der Waals surface area contributed by atoms with Gasteiger partial charge < -0.3 is 20.1 Å². The van der Waals surface area contributed by atoms with Crippen molar-refractivity contribution in [1.82, 2.24) is 4.90 Å². The summed E-state index contributed by atoms with van der Waals surface area (Å²) in [6.07, 6.45) is -0.733. The maximum absolute atomic E-state index is 12.2. The number of hydrogen-bond acceptors (Lipinski definition) is 4. The lowest BCUT2D eigenvalue weighted by Gasteiger charge is -2.28. The van der Waals surface area contributed by atoms with Gasteiger partial charge >= 0.3 is 6.09 Å². The molecule has 1 aliphatic rings. The first kappa shape index (κ1) is 18.3. The van der Waals surface area contributed by atoms with Gasteiger partial charge in [-0.15, -0.1) is 0 Å². The van der Waals surface area contributed by atoms with E-state index >= 15 is 0 Å². The standard InChI is InChI=1S/C16H22Cl2N2O3/c1-16(2,3)23-15(21)20-6-7-22-14(13(19)9-20)10-4-5-11(17)12(18)8-10/h4-5,8,13-14H,6-7,9,19H2,1-3H3/t13-,14+/m1/s1. The number of nitrogens with zero attached hydrogens (tertiary/aromatic N) is 1. The summed E-state index contributed by atoms with van der Waals surface area (Å²) in [6.45, 7) is 6.64. The molecule has 0 bridgehead atoms. The highest BCUT2D eigenvalue weighted by atomic mass is 35.5. The maximum Gasteiger partial charge on any atom is 0.410 e. The second-order valence-electron chi connectivity index (χ2n) is 6.56. The average Bonchev–Trinajstić information content (AvgIpc) is 2.62. The molecule has 23 heavy (non-hydrogen) atoms. The molecule has 0 radical (unpaired) electrons. The van der Waals surface area contributed by atoms with E-state index in [9.17, 15) is 4.79 Å². The topological polar surface area (TPSA) is 64.8 Å². The van der Waals surface area contributed by atoms with Gasteiger partial charge in [0.2, 0.25) is 0 Å². The van der Waals surface area contributed by atoms with E-state index in [0.29, 0.717) is 29.7 Å². The summed E-state index contributed by atoms with van der Waals surface area (Å²) in [4.78, 5) is 13.8. The summed E-state index contributed by atoms with van der Waals surface area (Å²) in [7, 11) is 0. The molecule has 1 heterocycles. The molecule has 2 atom stereocenters. The fraction of sp³-hybridized carbons (Fsp3) is 0.562. The van der Waals surface area contributed by atoms with Gasteiger partial charge in [-0.3, -0.25) is 0 Å². The molecule has 0 spiro atoms. The smallest absolute Gasteiger partial charge is 0.410 e. The number of halogens is 2. The molecule has 1 aromatic carbocycles. The van der Waals surface area contributed by atoms with Gasteiger partial charge in [0.15, 0.2) is 0 Å². The van der Waals surface area contributed by atoms with Crippen LogP contribution in [0.25, 0.3) is 0 Å². The quantitative estimate of drug-likeness (QED) is 0.830. The lowest BCUT2D eigenvalue weighted by molar-refractivity contribution is 0.0231. The van der Waals surface area contributed by atoms with Crippen LogP contribution in [0.2, 0.25) is 10.0 Å². The van der Waals surface area contributed by atoms with E-state index in [-0.39, 0.29) is 18.2 Å². The lowest BCUT2D eigenvalue weighted by Crippen LogP contribution is -2.44. The highest BCUT2D eigenvalue weighted by Gasteiger charge is 2.31. The van der Waals surface area contributed by atoms with Crippen molar-refractivity contribution in [3.63, 3.8) is 0 Å². The van der Waals surface area contributed by atoms with Crippen molar-refractivity contribution in [2.24, 2.45) is 5.73 Å². The van der Waals surface area contributed by atoms with E-state index in [1.807, 2.05) is 26.8 Å². The van der Waals surface area contributed by atoms with E-state index in [4.69, 9.17) is 38.4 Å². The van der Waals surface area contributed by atoms with Crippen LogP contribution in [0.15, 0.2) is 18.2 Å². The molecule has 0 saturated carbocycles. The number of hydrogen-bond donors (Lipinski definition) is 1. The molecule has 2 N–H and O–H groups in total. The largest absolute Gasteiger partial charge is 0.444 e. The number of benzene rings is 1. The summed E-state index contributed by atoms with van der Waals surface area (Å²) < 4.78 is 11.2. The molecule has 5 nitrogen and oxygen atoms in total. The van der Waals surface area contributed by atoms with Crippen molar-refractivity contribution >= 4 is 29.3 Å². The molecule has 0 unspecified atom stereocenters. The minimum Gasteiger partial charge on any atom is -0.444 e. The van der Waals surface area contributed by atoms with E-state index in [1.54, 1.807) is 17.0 Å². The summed E-state index contributed by atoms with van der Waals surface area (Å²) in [5.41, 5.74) is 6.54. The van der Waals surface area contributed by atoms with E-state index in [0.717, 1.165) is 5.56 Å². The van der Waals surface area contributed by atoms with Crippen LogP contribution in [-0.4, -0.2) is 42.3 Å². The third kappa shape index (κ3) is 4.98. The fourth-order valence-electron chi connectivity index (χ4n) is 2.38. The Labute approximate surface area is 146 Å². The molecule has 1 fully saturated rings. The Kier molecular flexibility index (Phi) is 5.79. The summed E-state index contributed by atoms with van der Waals surface area (Å²) >= 11 is 12.0. The van der Waals surface area contributed by atoms with E-state index < -0.39 is 5.60 Å². The Bertz CT molecular complexity index is 575. The fourth-order valence-corrected chi connectivity index (χ4v) is 2.69. The van der Waals surface area contributed by atoms with Crippen LogP contribution in [-0.2, 0) is 9.47 Å². The van der Waals surface area contributed by atoms with Crippen LogP contribution in [0, 0.1) is 0 Å². The van der Waals surface area contributed by atoms with E-state index in [2.05, 4.69) is 0 Å². The van der Waals surface area contributed by atoms with Crippen LogP contribution in [0.3, 0.4) is 0 Å². The highest BCUT2D eigenvalue weighted by molar-refractivity contribution is 6.42. The monoisotopic (exact) mass is 360 g/mol. The van der Waals surface area contributed by atoms with Crippen LogP contribution >= 0.6 is 23.2 Å². The maximum atomic E-state index is 12.2. The van der Waals surface area contributed by atoms with Gasteiger partial charge in [-0.25, -0.2) is 4.79 Å². The third-order valence-corrected chi connectivity index (χ3v) is 4.14. The van der Waals surface area contributed by atoms with Gasteiger partial charge in [-0.2, -0.15) is 0 Å². The van der Waals surface area contributed by atoms with Crippen LogP contribution < -0.4 is 5.73 Å². The lowest BCUT2D eigenvalue weighted by atomic mass is 10.0. The predicted molar refractivity (Wildman–Crippen MR) is 90.9 cm³/mol. The van der Waals surface area contributed by atoms with Gasteiger partial charge in [0.25, 0.3) is 0 Å². The van der Waals surface area contributed by atoms with Crippen molar-refractivity contribution in [3.8, 4) is 0 Å². The first-order chi connectivity index (χ1) is 10.7. The third-order valence-electron chi connectivity index (χ3n) is 3.40. The summed E-state index contributed by atoms with van der Waals surface area (Å²) in [5.74, 6) is 0. The molecule has 128 valence electrons. The number of carbonyl (C=O) groups is 1. The minimum absolute atomic E-state index is 0.347. The van der Waals surface area contributed by atoms with Gasteiger partial charge in [0, 0.05) is 13.1 Å². The van der Waals surface area contributed by atoms with Crippen LogP contribution in [0.5, 0.6) is 0 Å². The zero-order valence-electron chi connectivity index (χ0n) is 13.5. The molecule has 1 aliphatic heterocycles. The number of carbonyl (C=O) groups excluding carboxylic acids is 1. The van der Waals surface area contributed by atoms with Crippen molar-refractivity contribution in [1.29, 1.82) is 0 Å². The first-order valence-electron chi connectivity index (χ1n) is 7.47. The first-order valence-corrected chi connectivity index (χ1v) is 8.23. The number of amides is 1. The normalized spacial score (nSPS) is 22.6. The number of rotatable bonds is 1.